The number of likely N-dealkylation sites (N-methyl/N-ethyl adjacent to an activating group) is 1. The van der Waals surface area contributed by atoms with Gasteiger partial charge in [0.25, 0.3) is 5.91 Å². The van der Waals surface area contributed by atoms with Gasteiger partial charge in [-0.2, -0.15) is 10.3 Å². The van der Waals surface area contributed by atoms with Gasteiger partial charge < -0.3 is 31.1 Å². The van der Waals surface area contributed by atoms with Gasteiger partial charge in [0.05, 0.1) is 28.3 Å². The summed E-state index contributed by atoms with van der Waals surface area (Å²) in [4.78, 5) is 45.4. The third kappa shape index (κ3) is 5.32. The zero-order valence-corrected chi connectivity index (χ0v) is 25.9. The average Bonchev–Trinajstić information content (AvgIpc) is 3.67. The van der Waals surface area contributed by atoms with Crippen molar-refractivity contribution in [3.8, 4) is 6.07 Å². The first-order chi connectivity index (χ1) is 20.6. The Hall–Kier alpha value is -3.40. The van der Waals surface area contributed by atoms with Crippen LogP contribution in [-0.2, 0) is 9.59 Å². The topological polar surface area (TPSA) is 148 Å². The number of aromatic nitrogens is 1. The highest BCUT2D eigenvalue weighted by molar-refractivity contribution is 8.03. The molecule has 4 N–H and O–H groups in total. The highest BCUT2D eigenvalue weighted by Gasteiger charge is 2.52. The summed E-state index contributed by atoms with van der Waals surface area (Å²) in [7, 11) is 2.16. The normalized spacial score (nSPS) is 29.0. The molecule has 3 atom stereocenters. The summed E-state index contributed by atoms with van der Waals surface area (Å²) in [6, 6.07) is 6.35. The van der Waals surface area contributed by atoms with Gasteiger partial charge in [-0.25, -0.2) is 4.98 Å². The maximum atomic E-state index is 13.9. The summed E-state index contributed by atoms with van der Waals surface area (Å²) in [6.07, 6.45) is 5.84. The minimum atomic E-state index is -0.927. The summed E-state index contributed by atoms with van der Waals surface area (Å²) >= 11 is 1.51. The van der Waals surface area contributed by atoms with Crippen molar-refractivity contribution in [3.63, 3.8) is 0 Å². The molecule has 43 heavy (non-hydrogen) atoms. The molecule has 0 radical (unpaired) electrons. The zero-order valence-electron chi connectivity index (χ0n) is 25.1. The lowest BCUT2D eigenvalue weighted by Crippen LogP contribution is -2.54. The minimum absolute atomic E-state index is 0.0616. The highest BCUT2D eigenvalue weighted by atomic mass is 32.2. The van der Waals surface area contributed by atoms with E-state index in [4.69, 9.17) is 16.5 Å². The number of carbonyl (C=O) groups excluding carboxylic acids is 2. The molecule has 1 aromatic rings. The number of amides is 2. The number of hydrogen-bond acceptors (Lipinski definition) is 9. The second-order valence-corrected chi connectivity index (χ2v) is 14.0. The Morgan fingerprint density at radius 3 is 2.60 bits per heavy atom. The van der Waals surface area contributed by atoms with Gasteiger partial charge in [-0.1, -0.05) is 6.58 Å². The number of anilines is 2. The summed E-state index contributed by atoms with van der Waals surface area (Å²) in [6.45, 7) is 10.8. The maximum Gasteiger partial charge on any atom is 0.257 e. The number of allylic oxidation sites excluding steroid dienone is 1. The van der Waals surface area contributed by atoms with E-state index in [2.05, 4.69) is 45.5 Å². The fourth-order valence-corrected chi connectivity index (χ4v) is 8.64. The van der Waals surface area contributed by atoms with Gasteiger partial charge >= 0.3 is 0 Å². The van der Waals surface area contributed by atoms with Gasteiger partial charge in [-0.15, -0.1) is 11.8 Å². The van der Waals surface area contributed by atoms with Gasteiger partial charge in [0.1, 0.15) is 11.5 Å². The molecule has 1 saturated carbocycles. The summed E-state index contributed by atoms with van der Waals surface area (Å²) in [5, 5.41) is 9.51. The van der Waals surface area contributed by atoms with Gasteiger partial charge in [0.15, 0.2) is 5.84 Å². The smallest absolute Gasteiger partial charge is 0.257 e. The zero-order chi connectivity index (χ0) is 30.5. The van der Waals surface area contributed by atoms with Crippen LogP contribution in [0.3, 0.4) is 0 Å². The molecule has 3 fully saturated rings. The first kappa shape index (κ1) is 29.7. The monoisotopic (exact) mass is 603 g/mol. The SMILES string of the molecule is C=CC(=O)N1CCN(c2cc(C(N)=NC(=O)C3(C)CCCC4=C3C(C#N)C(N)S4)nc(N3CCN(C)CC34CC4)c2)CC1. The Balaban J connectivity index is 1.34. The maximum absolute atomic E-state index is 13.9. The fraction of sp³-hybridized carbons (Fsp3) is 0.581. The predicted molar refractivity (Wildman–Crippen MR) is 169 cm³/mol. The van der Waals surface area contributed by atoms with Crippen LogP contribution in [0.25, 0.3) is 0 Å². The van der Waals surface area contributed by atoms with E-state index < -0.39 is 11.3 Å². The van der Waals surface area contributed by atoms with Crippen LogP contribution in [0.15, 0.2) is 40.3 Å². The van der Waals surface area contributed by atoms with Crippen molar-refractivity contribution in [2.24, 2.45) is 27.8 Å². The lowest BCUT2D eigenvalue weighted by molar-refractivity contribution is -0.126. The Bertz CT molecular complexity index is 1440. The van der Waals surface area contributed by atoms with E-state index in [1.54, 1.807) is 4.90 Å². The number of amidine groups is 1. The largest absolute Gasteiger partial charge is 0.382 e. The van der Waals surface area contributed by atoms with Gasteiger partial charge in [0.2, 0.25) is 5.91 Å². The van der Waals surface area contributed by atoms with Crippen LogP contribution in [0.4, 0.5) is 11.5 Å². The highest BCUT2D eigenvalue weighted by Crippen LogP contribution is 2.55. The molecule has 4 heterocycles. The molecule has 228 valence electrons. The number of rotatable bonds is 5. The number of piperazine rings is 2. The molecule has 3 aliphatic heterocycles. The van der Waals surface area contributed by atoms with E-state index in [0.717, 1.165) is 67.3 Å². The van der Waals surface area contributed by atoms with Crippen molar-refractivity contribution in [2.45, 2.75) is 49.9 Å². The van der Waals surface area contributed by atoms with Crippen LogP contribution in [0, 0.1) is 22.7 Å². The van der Waals surface area contributed by atoms with Crippen LogP contribution < -0.4 is 21.3 Å². The van der Waals surface area contributed by atoms with E-state index in [1.165, 1.54) is 17.8 Å². The molecule has 2 amide bonds. The number of carbonyl (C=O) groups is 2. The van der Waals surface area contributed by atoms with Gasteiger partial charge in [-0.3, -0.25) is 9.59 Å². The molecule has 2 aliphatic carbocycles. The molecule has 1 aromatic heterocycles. The molecule has 0 aromatic carbocycles. The van der Waals surface area contributed by atoms with E-state index in [1.807, 2.05) is 13.0 Å². The molecule has 2 saturated heterocycles. The number of aliphatic imine (C=N–C) groups is 1. The average molecular weight is 604 g/mol. The van der Waals surface area contributed by atoms with Crippen molar-refractivity contribution in [2.75, 3.05) is 62.7 Å². The number of pyridine rings is 1. The predicted octanol–water partition coefficient (Wildman–Crippen LogP) is 2.05. The quantitative estimate of drug-likeness (QED) is 0.291. The van der Waals surface area contributed by atoms with Gasteiger partial charge in [-0.05, 0) is 68.7 Å². The number of thioether (sulfide) groups is 1. The summed E-state index contributed by atoms with van der Waals surface area (Å²) < 4.78 is 0. The lowest BCUT2D eigenvalue weighted by atomic mass is 9.69. The first-order valence-corrected chi connectivity index (χ1v) is 16.1. The number of nitriles is 1. The third-order valence-electron chi connectivity index (χ3n) is 9.86. The Morgan fingerprint density at radius 2 is 1.93 bits per heavy atom. The molecule has 1 spiro atoms. The van der Waals surface area contributed by atoms with Crippen molar-refractivity contribution < 1.29 is 9.59 Å². The van der Waals surface area contributed by atoms with Crippen LogP contribution in [-0.4, -0.2) is 96.2 Å². The van der Waals surface area contributed by atoms with Crippen molar-refractivity contribution >= 4 is 40.9 Å². The molecule has 5 aliphatic rings. The van der Waals surface area contributed by atoms with Crippen LogP contribution in [0.2, 0.25) is 0 Å². The molecular weight excluding hydrogens is 562 g/mol. The van der Waals surface area contributed by atoms with Crippen molar-refractivity contribution in [1.82, 2.24) is 14.8 Å². The van der Waals surface area contributed by atoms with Crippen LogP contribution in [0.5, 0.6) is 0 Å². The molecule has 3 unspecified atom stereocenters. The van der Waals surface area contributed by atoms with E-state index in [9.17, 15) is 14.9 Å². The first-order valence-electron chi connectivity index (χ1n) is 15.2. The van der Waals surface area contributed by atoms with E-state index >= 15 is 0 Å². The van der Waals surface area contributed by atoms with E-state index in [-0.39, 0.29) is 28.6 Å². The molecule has 12 heteroatoms. The Morgan fingerprint density at radius 1 is 1.19 bits per heavy atom. The Labute approximate surface area is 257 Å². The number of hydrogen-bond donors (Lipinski definition) is 2. The third-order valence-corrected chi connectivity index (χ3v) is 11.1. The fourth-order valence-electron chi connectivity index (χ4n) is 7.24. The standard InChI is InChI=1S/C31H41N9O2S/c1-4-25(41)39-13-11-38(12-14-39)20-16-22(35-24(17-20)40-15-10-37(3)19-31(40)8-9-31)27(33)36-29(42)30(2)7-5-6-23-26(30)21(18-32)28(34)43-23/h4,16-17,21,28H,1,5-15,19,34H2,2-3H3,(H2,33,36,42). The van der Waals surface area contributed by atoms with Crippen molar-refractivity contribution in [1.29, 1.82) is 5.26 Å². The second kappa shape index (κ2) is 11.3. The lowest BCUT2D eigenvalue weighted by Gasteiger charge is -2.42. The molecule has 11 nitrogen and oxygen atoms in total. The number of nitrogens with zero attached hydrogens (tertiary/aromatic N) is 7. The number of nitrogens with two attached hydrogens (primary N) is 2. The second-order valence-electron chi connectivity index (χ2n) is 12.7. The van der Waals surface area contributed by atoms with Gasteiger partial charge in [0, 0.05) is 57.6 Å². The minimum Gasteiger partial charge on any atom is -0.382 e. The Kier molecular flexibility index (Phi) is 7.77. The summed E-state index contributed by atoms with van der Waals surface area (Å²) in [5.74, 6) is -0.0172. The summed E-state index contributed by atoms with van der Waals surface area (Å²) in [5.41, 5.74) is 14.3. The molecule has 0 bridgehead atoms. The molecular formula is C31H41N9O2S. The van der Waals surface area contributed by atoms with Crippen LogP contribution in [0.1, 0.15) is 44.7 Å². The molecule has 6 rings (SSSR count). The van der Waals surface area contributed by atoms with Crippen LogP contribution >= 0.6 is 11.8 Å². The van der Waals surface area contributed by atoms with Crippen molar-refractivity contribution in [3.05, 3.63) is 41.0 Å². The van der Waals surface area contributed by atoms with E-state index in [0.29, 0.717) is 38.3 Å².